The van der Waals surface area contributed by atoms with Crippen molar-refractivity contribution in [3.8, 4) is 11.1 Å². The zero-order valence-electron chi connectivity index (χ0n) is 13.7. The summed E-state index contributed by atoms with van der Waals surface area (Å²) in [6.45, 7) is 1.00. The second-order valence-corrected chi connectivity index (χ2v) is 7.11. The quantitative estimate of drug-likeness (QED) is 0.623. The number of aromatic amines is 1. The van der Waals surface area contributed by atoms with Crippen LogP contribution in [0.4, 0.5) is 5.82 Å². The minimum Gasteiger partial charge on any atom is -0.368 e. The highest BCUT2D eigenvalue weighted by Gasteiger charge is 2.15. The number of halogens is 1. The summed E-state index contributed by atoms with van der Waals surface area (Å²) >= 11 is 6.48. The lowest BCUT2D eigenvalue weighted by atomic mass is 9.89. The van der Waals surface area contributed by atoms with Crippen LogP contribution >= 0.6 is 11.6 Å². The van der Waals surface area contributed by atoms with Crippen LogP contribution < -0.4 is 5.32 Å². The Morgan fingerprint density at radius 1 is 1.08 bits per heavy atom. The van der Waals surface area contributed by atoms with Crippen molar-refractivity contribution in [2.45, 2.75) is 32.1 Å². The van der Waals surface area contributed by atoms with Crippen molar-refractivity contribution >= 4 is 28.3 Å². The van der Waals surface area contributed by atoms with Gasteiger partial charge in [-0.1, -0.05) is 61.2 Å². The van der Waals surface area contributed by atoms with Crippen LogP contribution in [0.2, 0.25) is 5.02 Å². The van der Waals surface area contributed by atoms with Gasteiger partial charge in [0.2, 0.25) is 0 Å². The van der Waals surface area contributed by atoms with Crippen molar-refractivity contribution < 1.29 is 0 Å². The van der Waals surface area contributed by atoms with Gasteiger partial charge in [-0.05, 0) is 36.5 Å². The first-order valence-corrected chi connectivity index (χ1v) is 9.16. The Labute approximate surface area is 147 Å². The predicted octanol–water partition coefficient (Wildman–Crippen LogP) is 5.88. The van der Waals surface area contributed by atoms with Gasteiger partial charge in [0.1, 0.15) is 0 Å². The number of anilines is 1. The molecule has 0 bridgehead atoms. The summed E-state index contributed by atoms with van der Waals surface area (Å²) in [4.78, 5) is 0. The van der Waals surface area contributed by atoms with E-state index in [-0.39, 0.29) is 0 Å². The van der Waals surface area contributed by atoms with Crippen LogP contribution in [0.3, 0.4) is 0 Å². The molecule has 4 rings (SSSR count). The molecule has 0 amide bonds. The smallest absolute Gasteiger partial charge is 0.155 e. The van der Waals surface area contributed by atoms with Crippen LogP contribution in [-0.2, 0) is 0 Å². The molecular weight excluding hydrogens is 318 g/mol. The van der Waals surface area contributed by atoms with Gasteiger partial charge in [-0.25, -0.2) is 0 Å². The van der Waals surface area contributed by atoms with Gasteiger partial charge in [0.25, 0.3) is 0 Å². The van der Waals surface area contributed by atoms with E-state index < -0.39 is 0 Å². The molecule has 2 aromatic carbocycles. The minimum absolute atomic E-state index is 0.746. The number of fused-ring (bicyclic) bond motifs is 1. The maximum absolute atomic E-state index is 6.48. The Morgan fingerprint density at radius 2 is 1.88 bits per heavy atom. The van der Waals surface area contributed by atoms with Gasteiger partial charge in [-0.3, -0.25) is 5.10 Å². The molecule has 24 heavy (non-hydrogen) atoms. The Hall–Kier alpha value is -2.00. The van der Waals surface area contributed by atoms with E-state index in [1.54, 1.807) is 0 Å². The van der Waals surface area contributed by atoms with Gasteiger partial charge in [-0.2, -0.15) is 5.10 Å². The average Bonchev–Trinajstić information content (AvgIpc) is 3.02. The number of hydrogen-bond donors (Lipinski definition) is 2. The summed E-state index contributed by atoms with van der Waals surface area (Å²) in [7, 11) is 0. The molecule has 4 heteroatoms. The third-order valence-electron chi connectivity index (χ3n) is 5.02. The van der Waals surface area contributed by atoms with Gasteiger partial charge in [-0.15, -0.1) is 0 Å². The van der Waals surface area contributed by atoms with Gasteiger partial charge in [0, 0.05) is 17.5 Å². The molecule has 0 spiro atoms. The molecule has 1 heterocycles. The van der Waals surface area contributed by atoms with Crippen LogP contribution in [0.1, 0.15) is 32.1 Å². The number of H-pyrrole nitrogens is 1. The van der Waals surface area contributed by atoms with Gasteiger partial charge in [0.05, 0.1) is 10.5 Å². The van der Waals surface area contributed by atoms with Crippen LogP contribution in [0.15, 0.2) is 42.5 Å². The molecule has 0 aliphatic heterocycles. The number of nitrogens with zero attached hydrogens (tertiary/aromatic N) is 1. The lowest BCUT2D eigenvalue weighted by molar-refractivity contribution is 0.373. The van der Waals surface area contributed by atoms with E-state index in [0.717, 1.165) is 45.3 Å². The fourth-order valence-corrected chi connectivity index (χ4v) is 3.92. The van der Waals surface area contributed by atoms with E-state index in [0.29, 0.717) is 0 Å². The first kappa shape index (κ1) is 15.5. The van der Waals surface area contributed by atoms with Gasteiger partial charge < -0.3 is 5.32 Å². The molecule has 1 aliphatic carbocycles. The monoisotopic (exact) mass is 339 g/mol. The van der Waals surface area contributed by atoms with Crippen molar-refractivity contribution in [1.29, 1.82) is 0 Å². The molecule has 0 radical (unpaired) electrons. The van der Waals surface area contributed by atoms with E-state index in [2.05, 4.69) is 33.7 Å². The number of rotatable bonds is 4. The van der Waals surface area contributed by atoms with E-state index in [1.807, 2.05) is 24.3 Å². The lowest BCUT2D eigenvalue weighted by Crippen LogP contribution is -2.17. The standard InChI is InChI=1S/C20H22ClN3/c21-18-12-19-17(11-16(18)15-9-5-2-6-10-15)20(24-23-19)22-13-14-7-3-1-4-8-14/h2,5-6,9-12,14H,1,3-4,7-8,13H2,(H2,22,23,24). The molecular formula is C20H22ClN3. The summed E-state index contributed by atoms with van der Waals surface area (Å²) < 4.78 is 0. The number of benzene rings is 2. The summed E-state index contributed by atoms with van der Waals surface area (Å²) in [5.74, 6) is 1.70. The number of nitrogens with one attached hydrogen (secondary N) is 2. The van der Waals surface area contributed by atoms with E-state index in [4.69, 9.17) is 11.6 Å². The summed E-state index contributed by atoms with van der Waals surface area (Å²) in [6, 6.07) is 14.4. The molecule has 0 atom stereocenters. The Bertz CT molecular complexity index is 820. The van der Waals surface area contributed by atoms with Crippen molar-refractivity contribution in [3.63, 3.8) is 0 Å². The van der Waals surface area contributed by atoms with Crippen LogP contribution in [0.5, 0.6) is 0 Å². The summed E-state index contributed by atoms with van der Waals surface area (Å²) in [6.07, 6.45) is 6.77. The van der Waals surface area contributed by atoms with E-state index in [9.17, 15) is 0 Å². The Morgan fingerprint density at radius 3 is 2.67 bits per heavy atom. The Balaban J connectivity index is 1.62. The maximum atomic E-state index is 6.48. The second kappa shape index (κ2) is 6.86. The van der Waals surface area contributed by atoms with Crippen molar-refractivity contribution in [2.24, 2.45) is 5.92 Å². The first-order chi connectivity index (χ1) is 11.8. The second-order valence-electron chi connectivity index (χ2n) is 6.70. The topological polar surface area (TPSA) is 40.7 Å². The van der Waals surface area contributed by atoms with Crippen molar-refractivity contribution in [2.75, 3.05) is 11.9 Å². The molecule has 2 N–H and O–H groups in total. The third-order valence-corrected chi connectivity index (χ3v) is 5.33. The molecule has 1 aliphatic rings. The molecule has 1 fully saturated rings. The molecule has 3 aromatic rings. The summed E-state index contributed by atoms with van der Waals surface area (Å²) in [5.41, 5.74) is 3.15. The van der Waals surface area contributed by atoms with Crippen LogP contribution in [0, 0.1) is 5.92 Å². The minimum atomic E-state index is 0.746. The van der Waals surface area contributed by atoms with Crippen LogP contribution in [0.25, 0.3) is 22.0 Å². The molecule has 1 aromatic heterocycles. The zero-order chi connectivity index (χ0) is 16.4. The normalized spacial score (nSPS) is 15.7. The lowest BCUT2D eigenvalue weighted by Gasteiger charge is -2.21. The molecule has 0 saturated heterocycles. The highest BCUT2D eigenvalue weighted by atomic mass is 35.5. The van der Waals surface area contributed by atoms with Crippen molar-refractivity contribution in [1.82, 2.24) is 10.2 Å². The fraction of sp³-hybridized carbons (Fsp3) is 0.350. The predicted molar refractivity (Wildman–Crippen MR) is 102 cm³/mol. The Kier molecular flexibility index (Phi) is 4.44. The highest BCUT2D eigenvalue weighted by Crippen LogP contribution is 2.34. The third kappa shape index (κ3) is 3.13. The largest absolute Gasteiger partial charge is 0.368 e. The average molecular weight is 340 g/mol. The molecule has 1 saturated carbocycles. The zero-order valence-corrected chi connectivity index (χ0v) is 14.4. The first-order valence-electron chi connectivity index (χ1n) is 8.78. The summed E-state index contributed by atoms with van der Waals surface area (Å²) in [5, 5.41) is 13.0. The molecule has 3 nitrogen and oxygen atoms in total. The SMILES string of the molecule is Clc1cc2[nH]nc(NCC3CCCCC3)c2cc1-c1ccccc1. The maximum Gasteiger partial charge on any atom is 0.155 e. The van der Waals surface area contributed by atoms with Crippen molar-refractivity contribution in [3.05, 3.63) is 47.5 Å². The van der Waals surface area contributed by atoms with E-state index >= 15 is 0 Å². The molecule has 0 unspecified atom stereocenters. The van der Waals surface area contributed by atoms with Crippen LogP contribution in [-0.4, -0.2) is 16.7 Å². The van der Waals surface area contributed by atoms with Gasteiger partial charge in [0.15, 0.2) is 5.82 Å². The molecule has 124 valence electrons. The van der Waals surface area contributed by atoms with E-state index in [1.165, 1.54) is 32.1 Å². The van der Waals surface area contributed by atoms with Gasteiger partial charge >= 0.3 is 0 Å². The highest BCUT2D eigenvalue weighted by molar-refractivity contribution is 6.34. The fourth-order valence-electron chi connectivity index (χ4n) is 3.64. The number of hydrogen-bond acceptors (Lipinski definition) is 2. The number of aromatic nitrogens is 2.